The van der Waals surface area contributed by atoms with Crippen LogP contribution < -0.4 is 0 Å². The lowest BCUT2D eigenvalue weighted by molar-refractivity contribution is -0.292. The van der Waals surface area contributed by atoms with Crippen LogP contribution in [-0.2, 0) is 47.4 Å². The molecule has 10 aliphatic heterocycles. The molecule has 52 heavy (non-hydrogen) atoms. The van der Waals surface area contributed by atoms with E-state index in [1.807, 2.05) is 0 Å². The topological polar surface area (TPSA) is 141 Å². The average Bonchev–Trinajstić information content (AvgIpc) is 3.79. The van der Waals surface area contributed by atoms with Gasteiger partial charge in [0.2, 0.25) is 0 Å². The Kier molecular flexibility index (Phi) is 10.0. The van der Waals surface area contributed by atoms with Gasteiger partial charge < -0.3 is 52.8 Å². The van der Waals surface area contributed by atoms with Crippen molar-refractivity contribution in [1.29, 1.82) is 0 Å². The molecule has 19 atom stereocenters. The fraction of sp³-hybridized carbons (Fsp3) is 0.875. The molecule has 290 valence electrons. The Bertz CT molecular complexity index is 1370. The van der Waals surface area contributed by atoms with Crippen molar-refractivity contribution in [3.05, 3.63) is 24.3 Å². The van der Waals surface area contributed by atoms with Crippen molar-refractivity contribution in [3.8, 4) is 0 Å². The molecule has 0 saturated carbocycles. The highest BCUT2D eigenvalue weighted by Gasteiger charge is 2.68. The molecule has 0 aromatic heterocycles. The smallest absolute Gasteiger partial charge is 0.172 e. The lowest BCUT2D eigenvalue weighted by atomic mass is 9.81. The third-order valence-corrected chi connectivity index (χ3v) is 13.9. The molecular formula is C40H58O12. The molecule has 0 aromatic carbocycles. The van der Waals surface area contributed by atoms with Crippen LogP contribution in [0.3, 0.4) is 0 Å². The second kappa shape index (κ2) is 14.3. The third-order valence-electron chi connectivity index (χ3n) is 13.9. The van der Waals surface area contributed by atoms with Gasteiger partial charge in [0.05, 0.1) is 73.8 Å². The number of rotatable bonds is 4. The Morgan fingerprint density at radius 2 is 1.54 bits per heavy atom. The summed E-state index contributed by atoms with van der Waals surface area (Å²) in [7, 11) is 1.63. The molecule has 2 N–H and O–H groups in total. The molecule has 0 aliphatic carbocycles. The molecule has 12 bridgehead atoms. The molecule has 1 spiro atoms. The summed E-state index contributed by atoms with van der Waals surface area (Å²) in [5, 5.41) is 20.1. The summed E-state index contributed by atoms with van der Waals surface area (Å²) in [6, 6.07) is 0. The minimum absolute atomic E-state index is 0.0260. The van der Waals surface area contributed by atoms with Gasteiger partial charge in [0, 0.05) is 51.6 Å². The van der Waals surface area contributed by atoms with E-state index in [4.69, 9.17) is 42.6 Å². The van der Waals surface area contributed by atoms with Crippen LogP contribution in [0.15, 0.2) is 24.3 Å². The lowest BCUT2D eigenvalue weighted by Crippen LogP contribution is -2.61. The van der Waals surface area contributed by atoms with Crippen LogP contribution in [0.4, 0.5) is 0 Å². The maximum absolute atomic E-state index is 14.0. The molecule has 10 heterocycles. The summed E-state index contributed by atoms with van der Waals surface area (Å²) in [6.45, 7) is 10.7. The van der Waals surface area contributed by atoms with Crippen molar-refractivity contribution in [3.63, 3.8) is 0 Å². The number of hydrogen-bond donors (Lipinski definition) is 2. The van der Waals surface area contributed by atoms with Gasteiger partial charge in [-0.05, 0) is 62.0 Å². The highest BCUT2D eigenvalue weighted by Crippen LogP contribution is 2.54. The first kappa shape index (κ1) is 36.4. The van der Waals surface area contributed by atoms with Crippen LogP contribution in [0, 0.1) is 11.8 Å². The third kappa shape index (κ3) is 6.59. The van der Waals surface area contributed by atoms with E-state index >= 15 is 0 Å². The normalized spacial score (nSPS) is 52.4. The quantitative estimate of drug-likeness (QED) is 0.410. The highest BCUT2D eigenvalue weighted by molar-refractivity contribution is 5.79. The molecule has 10 rings (SSSR count). The van der Waals surface area contributed by atoms with Gasteiger partial charge in [-0.2, -0.15) is 0 Å². The molecule has 0 radical (unpaired) electrons. The second-order valence-corrected chi connectivity index (χ2v) is 17.4. The zero-order chi connectivity index (χ0) is 35.9. The van der Waals surface area contributed by atoms with Gasteiger partial charge in [-0.1, -0.05) is 20.1 Å². The second-order valence-electron chi connectivity index (χ2n) is 17.4. The summed E-state index contributed by atoms with van der Waals surface area (Å²) in [5.74, 6) is -0.709. The number of Topliss-reactive ketones (excluding diaryl/α,β-unsaturated/α-hetero) is 1. The van der Waals surface area contributed by atoms with Crippen LogP contribution in [0.25, 0.3) is 0 Å². The largest absolute Gasteiger partial charge is 0.394 e. The maximum atomic E-state index is 14.0. The van der Waals surface area contributed by atoms with Crippen molar-refractivity contribution in [2.24, 2.45) is 11.8 Å². The van der Waals surface area contributed by atoms with Crippen LogP contribution in [0.2, 0.25) is 0 Å². The van der Waals surface area contributed by atoms with Crippen LogP contribution in [0.1, 0.15) is 90.4 Å². The molecular weight excluding hydrogens is 672 g/mol. The average molecular weight is 731 g/mol. The zero-order valence-electron chi connectivity index (χ0n) is 30.7. The van der Waals surface area contributed by atoms with E-state index in [0.717, 1.165) is 49.7 Å². The number of carbonyl (C=O) groups is 1. The standard InChI is InChI=1S/C40H58O12/c1-19-11-24-5-7-28-20(2)12-26(45-28)9-10-40-17-33-36(51-40)37-38(50-33)39(52-40)35-29(49-37)8-6-25(47-35)13-22(42)14-27-31(16-30(46-24)21(19)3)48-32(34(27)44-4)15-23(43)18-41/h19,23-39,41,43H,2-3,5-18H2,1,4H3/t19-,23+,24?,25?,26+,27?,28?,29+,30?,31+,32?,33?,34-,35+,36+,37+,38-,39+,40+/m1/s1. The molecule has 10 aliphatic rings. The summed E-state index contributed by atoms with van der Waals surface area (Å²) in [4.78, 5) is 14.0. The Labute approximate surface area is 306 Å². The van der Waals surface area contributed by atoms with E-state index in [2.05, 4.69) is 20.1 Å². The Hall–Kier alpha value is -1.29. The fourth-order valence-corrected chi connectivity index (χ4v) is 11.3. The molecule has 10 fully saturated rings. The summed E-state index contributed by atoms with van der Waals surface area (Å²) in [5.41, 5.74) is 2.17. The van der Waals surface area contributed by atoms with Gasteiger partial charge in [-0.15, -0.1) is 0 Å². The lowest BCUT2D eigenvalue weighted by Gasteiger charge is -2.47. The zero-order valence-corrected chi connectivity index (χ0v) is 30.7. The number of ether oxygens (including phenoxy) is 9. The Morgan fingerprint density at radius 1 is 0.788 bits per heavy atom. The van der Waals surface area contributed by atoms with E-state index < -0.39 is 24.1 Å². The number of aliphatic hydroxyl groups excluding tert-OH is 2. The summed E-state index contributed by atoms with van der Waals surface area (Å²) >= 11 is 0. The van der Waals surface area contributed by atoms with Crippen molar-refractivity contribution in [2.45, 2.75) is 194 Å². The summed E-state index contributed by atoms with van der Waals surface area (Å²) in [6.07, 6.45) is 4.01. The molecule has 0 amide bonds. The first-order valence-electron chi connectivity index (χ1n) is 20.1. The predicted octanol–water partition coefficient (Wildman–Crippen LogP) is 3.47. The first-order valence-corrected chi connectivity index (χ1v) is 20.1. The molecule has 12 heteroatoms. The highest BCUT2D eigenvalue weighted by atomic mass is 16.8. The van der Waals surface area contributed by atoms with Crippen molar-refractivity contribution < 1.29 is 57.6 Å². The van der Waals surface area contributed by atoms with E-state index in [9.17, 15) is 15.0 Å². The SMILES string of the molecule is C=C1C[C@@H]2CC[C@@]34CC5O[C@H]6[C@@H](O3)[C@H]3OC(CC[C@@H]3O[C@H]6[C@H]5O4)CC(=O)CC3[C@@H](OC)C(C[C@H](O)CO)O[C@H]3CC3OC(CCC1O2)C[C@@H](C)C3=C. The summed E-state index contributed by atoms with van der Waals surface area (Å²) < 4.78 is 59.8. The van der Waals surface area contributed by atoms with Gasteiger partial charge in [-0.25, -0.2) is 0 Å². The Balaban J connectivity index is 0.994. The van der Waals surface area contributed by atoms with Gasteiger partial charge in [-0.3, -0.25) is 4.79 Å². The van der Waals surface area contributed by atoms with E-state index in [0.29, 0.717) is 25.7 Å². The Morgan fingerprint density at radius 3 is 2.37 bits per heavy atom. The fourth-order valence-electron chi connectivity index (χ4n) is 11.3. The van der Waals surface area contributed by atoms with Crippen LogP contribution in [0.5, 0.6) is 0 Å². The minimum atomic E-state index is -0.951. The monoisotopic (exact) mass is 730 g/mol. The van der Waals surface area contributed by atoms with Crippen LogP contribution >= 0.6 is 0 Å². The molecule has 10 saturated heterocycles. The number of ketones is 1. The minimum Gasteiger partial charge on any atom is -0.394 e. The van der Waals surface area contributed by atoms with E-state index in [-0.39, 0.29) is 123 Å². The number of methoxy groups -OCH3 is 1. The van der Waals surface area contributed by atoms with Gasteiger partial charge in [0.1, 0.15) is 36.3 Å². The van der Waals surface area contributed by atoms with E-state index in [1.165, 1.54) is 0 Å². The van der Waals surface area contributed by atoms with Crippen molar-refractivity contribution in [2.75, 3.05) is 13.7 Å². The van der Waals surface area contributed by atoms with E-state index in [1.54, 1.807) is 7.11 Å². The van der Waals surface area contributed by atoms with Gasteiger partial charge >= 0.3 is 0 Å². The molecule has 0 aromatic rings. The number of hydrogen-bond acceptors (Lipinski definition) is 12. The maximum Gasteiger partial charge on any atom is 0.172 e. The van der Waals surface area contributed by atoms with Crippen molar-refractivity contribution >= 4 is 5.78 Å². The predicted molar refractivity (Wildman–Crippen MR) is 184 cm³/mol. The molecule has 7 unspecified atom stereocenters. The molecule has 12 nitrogen and oxygen atoms in total. The van der Waals surface area contributed by atoms with Gasteiger partial charge in [0.25, 0.3) is 0 Å². The number of carbonyl (C=O) groups excluding carboxylic acids is 1. The number of fused-ring (bicyclic) bond motifs is 6. The van der Waals surface area contributed by atoms with Gasteiger partial charge in [0.15, 0.2) is 5.79 Å². The first-order chi connectivity index (χ1) is 25.1. The van der Waals surface area contributed by atoms with Crippen LogP contribution in [-0.4, -0.2) is 133 Å². The number of aliphatic hydroxyl groups is 2. The van der Waals surface area contributed by atoms with Crippen molar-refractivity contribution in [1.82, 2.24) is 0 Å².